The van der Waals surface area contributed by atoms with Crippen LogP contribution in [0.1, 0.15) is 25.7 Å². The zero-order valence-corrected chi connectivity index (χ0v) is 10.4. The third-order valence-electron chi connectivity index (χ3n) is 3.42. The van der Waals surface area contributed by atoms with Gasteiger partial charge in [0.1, 0.15) is 11.0 Å². The standard InChI is InChI=1S/C11H17ClN4O/c12-8-6-9(16-10(13)15-8)14-5-4-11(7-17)2-1-3-11/h6,17H,1-5,7H2,(H3,13,14,15,16). The molecule has 1 saturated carbocycles. The Labute approximate surface area is 105 Å². The Morgan fingerprint density at radius 1 is 1.47 bits per heavy atom. The zero-order valence-electron chi connectivity index (χ0n) is 9.62. The molecule has 1 aromatic heterocycles. The summed E-state index contributed by atoms with van der Waals surface area (Å²) in [7, 11) is 0. The van der Waals surface area contributed by atoms with Gasteiger partial charge in [-0.1, -0.05) is 18.0 Å². The third kappa shape index (κ3) is 2.98. The molecule has 0 radical (unpaired) electrons. The van der Waals surface area contributed by atoms with Crippen LogP contribution in [-0.2, 0) is 0 Å². The van der Waals surface area contributed by atoms with Crippen molar-refractivity contribution in [3.8, 4) is 0 Å². The number of aliphatic hydroxyl groups is 1. The monoisotopic (exact) mass is 256 g/mol. The zero-order chi connectivity index (χ0) is 12.3. The van der Waals surface area contributed by atoms with Crippen molar-refractivity contribution in [3.63, 3.8) is 0 Å². The molecule has 2 rings (SSSR count). The van der Waals surface area contributed by atoms with Crippen LogP contribution in [0.3, 0.4) is 0 Å². The van der Waals surface area contributed by atoms with E-state index >= 15 is 0 Å². The highest BCUT2D eigenvalue weighted by Crippen LogP contribution is 2.43. The van der Waals surface area contributed by atoms with E-state index in [0.717, 1.165) is 25.8 Å². The summed E-state index contributed by atoms with van der Waals surface area (Å²) in [5.74, 6) is 0.801. The topological polar surface area (TPSA) is 84.1 Å². The molecule has 0 atom stereocenters. The van der Waals surface area contributed by atoms with Gasteiger partial charge in [0.15, 0.2) is 0 Å². The van der Waals surface area contributed by atoms with Crippen LogP contribution in [0.15, 0.2) is 6.07 Å². The van der Waals surface area contributed by atoms with Crippen molar-refractivity contribution in [1.29, 1.82) is 0 Å². The van der Waals surface area contributed by atoms with E-state index in [0.29, 0.717) is 11.0 Å². The lowest BCUT2D eigenvalue weighted by atomic mass is 9.67. The molecule has 0 amide bonds. The summed E-state index contributed by atoms with van der Waals surface area (Å²) in [6.07, 6.45) is 4.37. The van der Waals surface area contributed by atoms with Crippen molar-refractivity contribution >= 4 is 23.4 Å². The summed E-state index contributed by atoms with van der Waals surface area (Å²) < 4.78 is 0. The molecule has 0 unspecified atom stereocenters. The van der Waals surface area contributed by atoms with Crippen LogP contribution in [0.25, 0.3) is 0 Å². The van der Waals surface area contributed by atoms with Gasteiger partial charge in [-0.2, -0.15) is 4.98 Å². The van der Waals surface area contributed by atoms with Gasteiger partial charge >= 0.3 is 0 Å². The Kier molecular flexibility index (Phi) is 3.69. The van der Waals surface area contributed by atoms with Crippen LogP contribution in [-0.4, -0.2) is 28.2 Å². The molecule has 94 valence electrons. The molecule has 1 aromatic rings. The van der Waals surface area contributed by atoms with Crippen LogP contribution in [0.2, 0.25) is 5.15 Å². The molecule has 1 aliphatic carbocycles. The fraction of sp³-hybridized carbons (Fsp3) is 0.636. The molecule has 5 nitrogen and oxygen atoms in total. The van der Waals surface area contributed by atoms with Crippen LogP contribution in [0, 0.1) is 5.41 Å². The Morgan fingerprint density at radius 3 is 2.76 bits per heavy atom. The van der Waals surface area contributed by atoms with E-state index in [9.17, 15) is 5.11 Å². The van der Waals surface area contributed by atoms with Crippen molar-refractivity contribution in [1.82, 2.24) is 9.97 Å². The second-order valence-corrected chi connectivity index (χ2v) is 5.01. The van der Waals surface area contributed by atoms with E-state index < -0.39 is 0 Å². The van der Waals surface area contributed by atoms with Gasteiger partial charge in [0.25, 0.3) is 0 Å². The maximum Gasteiger partial charge on any atom is 0.223 e. The fourth-order valence-electron chi connectivity index (χ4n) is 2.15. The molecule has 1 fully saturated rings. The van der Waals surface area contributed by atoms with E-state index in [1.165, 1.54) is 6.42 Å². The Balaban J connectivity index is 1.85. The first kappa shape index (κ1) is 12.4. The number of nitrogens with one attached hydrogen (secondary N) is 1. The highest BCUT2D eigenvalue weighted by Gasteiger charge is 2.35. The van der Waals surface area contributed by atoms with Crippen molar-refractivity contribution in [2.24, 2.45) is 5.41 Å². The first-order valence-corrected chi connectivity index (χ1v) is 6.16. The lowest BCUT2D eigenvalue weighted by Gasteiger charge is -2.40. The van der Waals surface area contributed by atoms with Crippen molar-refractivity contribution in [3.05, 3.63) is 11.2 Å². The molecule has 0 saturated heterocycles. The summed E-state index contributed by atoms with van der Waals surface area (Å²) in [5.41, 5.74) is 5.61. The quantitative estimate of drug-likeness (QED) is 0.698. The third-order valence-corrected chi connectivity index (χ3v) is 3.62. The van der Waals surface area contributed by atoms with E-state index in [2.05, 4.69) is 15.3 Å². The predicted molar refractivity (Wildman–Crippen MR) is 67.9 cm³/mol. The van der Waals surface area contributed by atoms with Crippen molar-refractivity contribution in [2.45, 2.75) is 25.7 Å². The molecule has 6 heteroatoms. The van der Waals surface area contributed by atoms with Gasteiger partial charge in [0.05, 0.1) is 0 Å². The van der Waals surface area contributed by atoms with Gasteiger partial charge in [-0.15, -0.1) is 0 Å². The maximum atomic E-state index is 9.33. The Hall–Kier alpha value is -1.07. The lowest BCUT2D eigenvalue weighted by molar-refractivity contribution is 0.0396. The van der Waals surface area contributed by atoms with E-state index in [-0.39, 0.29) is 18.0 Å². The molecule has 17 heavy (non-hydrogen) atoms. The summed E-state index contributed by atoms with van der Waals surface area (Å²) in [6, 6.07) is 1.64. The summed E-state index contributed by atoms with van der Waals surface area (Å²) in [6.45, 7) is 1.02. The average Bonchev–Trinajstić information content (AvgIpc) is 2.20. The SMILES string of the molecule is Nc1nc(Cl)cc(NCCC2(CO)CCC2)n1. The molecule has 1 heterocycles. The van der Waals surface area contributed by atoms with Crippen LogP contribution in [0.4, 0.5) is 11.8 Å². The largest absolute Gasteiger partial charge is 0.396 e. The molecule has 0 spiro atoms. The molecule has 1 aliphatic rings. The highest BCUT2D eigenvalue weighted by atomic mass is 35.5. The van der Waals surface area contributed by atoms with Crippen LogP contribution in [0.5, 0.6) is 0 Å². The minimum Gasteiger partial charge on any atom is -0.396 e. The second kappa shape index (κ2) is 5.06. The van der Waals surface area contributed by atoms with Gasteiger partial charge in [-0.05, 0) is 24.7 Å². The molecular weight excluding hydrogens is 240 g/mol. The van der Waals surface area contributed by atoms with Crippen molar-refractivity contribution < 1.29 is 5.11 Å². The summed E-state index contributed by atoms with van der Waals surface area (Å²) >= 11 is 5.77. The Bertz CT molecular complexity index is 369. The minimum atomic E-state index is 0.120. The number of halogens is 1. The number of anilines is 2. The second-order valence-electron chi connectivity index (χ2n) is 4.62. The predicted octanol–water partition coefficient (Wildman–Crippen LogP) is 1.68. The lowest BCUT2D eigenvalue weighted by Crippen LogP contribution is -2.35. The number of aromatic nitrogens is 2. The van der Waals surface area contributed by atoms with Crippen LogP contribution < -0.4 is 11.1 Å². The van der Waals surface area contributed by atoms with E-state index in [1.807, 2.05) is 0 Å². The first-order chi connectivity index (χ1) is 8.13. The Morgan fingerprint density at radius 2 is 2.24 bits per heavy atom. The van der Waals surface area contributed by atoms with Gasteiger partial charge < -0.3 is 16.2 Å². The van der Waals surface area contributed by atoms with Gasteiger partial charge in [-0.3, -0.25) is 0 Å². The number of hydrogen-bond donors (Lipinski definition) is 3. The van der Waals surface area contributed by atoms with E-state index in [1.54, 1.807) is 6.07 Å². The fourth-order valence-corrected chi connectivity index (χ4v) is 2.34. The first-order valence-electron chi connectivity index (χ1n) is 5.78. The maximum absolute atomic E-state index is 9.33. The van der Waals surface area contributed by atoms with Crippen LogP contribution >= 0.6 is 11.6 Å². The van der Waals surface area contributed by atoms with Gasteiger partial charge in [0.2, 0.25) is 5.95 Å². The molecule has 0 bridgehead atoms. The number of nitrogens with zero attached hydrogens (tertiary/aromatic N) is 2. The molecule has 4 N–H and O–H groups in total. The number of nitrogen functional groups attached to an aromatic ring is 1. The van der Waals surface area contributed by atoms with Gasteiger partial charge in [-0.25, -0.2) is 4.98 Å². The number of rotatable bonds is 5. The molecule has 0 aliphatic heterocycles. The minimum absolute atomic E-state index is 0.120. The molecule has 0 aromatic carbocycles. The molecular formula is C11H17ClN4O. The number of aliphatic hydroxyl groups excluding tert-OH is 1. The normalized spacial score (nSPS) is 17.5. The summed E-state index contributed by atoms with van der Waals surface area (Å²) in [4.78, 5) is 7.82. The van der Waals surface area contributed by atoms with E-state index in [4.69, 9.17) is 17.3 Å². The number of hydrogen-bond acceptors (Lipinski definition) is 5. The van der Waals surface area contributed by atoms with Crippen molar-refractivity contribution in [2.75, 3.05) is 24.2 Å². The summed E-state index contributed by atoms with van der Waals surface area (Å²) in [5, 5.41) is 12.8. The van der Waals surface area contributed by atoms with Gasteiger partial charge in [0, 0.05) is 19.2 Å². The smallest absolute Gasteiger partial charge is 0.223 e. The average molecular weight is 257 g/mol. The number of nitrogens with two attached hydrogens (primary N) is 1. The highest BCUT2D eigenvalue weighted by molar-refractivity contribution is 6.29.